The molecular formula is C18H23N3O2S. The van der Waals surface area contributed by atoms with Gasteiger partial charge in [-0.1, -0.05) is 0 Å². The monoisotopic (exact) mass is 345 g/mol. The molecule has 1 amide bonds. The van der Waals surface area contributed by atoms with Gasteiger partial charge in [0.2, 0.25) is 5.91 Å². The number of aliphatic hydroxyl groups is 1. The quantitative estimate of drug-likeness (QED) is 0.816. The first-order valence-corrected chi connectivity index (χ1v) is 9.51. The fraction of sp³-hybridized carbons (Fsp3) is 0.500. The largest absolute Gasteiger partial charge is 0.396 e. The number of aliphatic hydroxyl groups excluding tert-OH is 1. The number of aromatic nitrogens is 2. The fourth-order valence-corrected chi connectivity index (χ4v) is 4.18. The Kier molecular flexibility index (Phi) is 6.04. The van der Waals surface area contributed by atoms with Crippen LogP contribution in [0.5, 0.6) is 0 Å². The van der Waals surface area contributed by atoms with E-state index in [1.807, 2.05) is 23.1 Å². The van der Waals surface area contributed by atoms with Crippen LogP contribution in [0.3, 0.4) is 0 Å². The van der Waals surface area contributed by atoms with Crippen LogP contribution < -0.4 is 0 Å². The van der Waals surface area contributed by atoms with Crippen LogP contribution in [0.15, 0.2) is 35.6 Å². The van der Waals surface area contributed by atoms with Crippen LogP contribution in [0.25, 0.3) is 10.9 Å². The molecule has 1 aliphatic rings. The van der Waals surface area contributed by atoms with E-state index < -0.39 is 0 Å². The second-order valence-electron chi connectivity index (χ2n) is 6.03. The number of piperidine rings is 1. The summed E-state index contributed by atoms with van der Waals surface area (Å²) in [6.07, 6.45) is 7.96. The number of amides is 1. The van der Waals surface area contributed by atoms with E-state index in [2.05, 4.69) is 9.97 Å². The lowest BCUT2D eigenvalue weighted by molar-refractivity contribution is -0.134. The first kappa shape index (κ1) is 17.2. The van der Waals surface area contributed by atoms with Crippen molar-refractivity contribution in [2.75, 3.05) is 18.9 Å². The Morgan fingerprint density at radius 2 is 2.21 bits per heavy atom. The van der Waals surface area contributed by atoms with Crippen LogP contribution in [0, 0.1) is 0 Å². The van der Waals surface area contributed by atoms with Gasteiger partial charge in [0.05, 0.1) is 5.52 Å². The highest BCUT2D eigenvalue weighted by Gasteiger charge is 2.25. The van der Waals surface area contributed by atoms with Crippen LogP contribution >= 0.6 is 11.8 Å². The smallest absolute Gasteiger partial charge is 0.223 e. The zero-order valence-corrected chi connectivity index (χ0v) is 14.5. The summed E-state index contributed by atoms with van der Waals surface area (Å²) in [4.78, 5) is 23.3. The lowest BCUT2D eigenvalue weighted by Crippen LogP contribution is -2.44. The summed E-state index contributed by atoms with van der Waals surface area (Å²) in [6.45, 7) is 0.973. The summed E-state index contributed by atoms with van der Waals surface area (Å²) in [7, 11) is 0. The van der Waals surface area contributed by atoms with Gasteiger partial charge in [-0.05, 0) is 43.9 Å². The van der Waals surface area contributed by atoms with Crippen molar-refractivity contribution in [1.29, 1.82) is 0 Å². The predicted molar refractivity (Wildman–Crippen MR) is 95.9 cm³/mol. The molecule has 3 heterocycles. The molecule has 5 nitrogen and oxygen atoms in total. The molecular weight excluding hydrogens is 322 g/mol. The van der Waals surface area contributed by atoms with Crippen molar-refractivity contribution in [3.8, 4) is 0 Å². The normalized spacial score (nSPS) is 18.0. The second-order valence-corrected chi connectivity index (χ2v) is 7.12. The highest BCUT2D eigenvalue weighted by Crippen LogP contribution is 2.26. The van der Waals surface area contributed by atoms with Gasteiger partial charge in [-0.15, -0.1) is 11.8 Å². The maximum absolute atomic E-state index is 12.5. The highest BCUT2D eigenvalue weighted by molar-refractivity contribution is 7.99. The van der Waals surface area contributed by atoms with Crippen molar-refractivity contribution in [2.45, 2.75) is 43.2 Å². The Labute approximate surface area is 146 Å². The van der Waals surface area contributed by atoms with Crippen molar-refractivity contribution in [3.05, 3.63) is 30.6 Å². The van der Waals surface area contributed by atoms with Gasteiger partial charge in [0.1, 0.15) is 5.03 Å². The Bertz CT molecular complexity index is 688. The van der Waals surface area contributed by atoms with Gasteiger partial charge in [0.25, 0.3) is 0 Å². The van der Waals surface area contributed by atoms with Crippen LogP contribution in [-0.2, 0) is 4.79 Å². The number of hydrogen-bond donors (Lipinski definition) is 1. The molecule has 1 saturated heterocycles. The number of fused-ring (bicyclic) bond motifs is 1. The average Bonchev–Trinajstić information content (AvgIpc) is 2.62. The second kappa shape index (κ2) is 8.44. The molecule has 1 unspecified atom stereocenters. The molecule has 1 N–H and O–H groups in total. The summed E-state index contributed by atoms with van der Waals surface area (Å²) >= 11 is 1.61. The molecule has 0 spiro atoms. The first-order valence-electron chi connectivity index (χ1n) is 8.52. The summed E-state index contributed by atoms with van der Waals surface area (Å²) in [5.74, 6) is 0.904. The van der Waals surface area contributed by atoms with Gasteiger partial charge < -0.3 is 10.0 Å². The summed E-state index contributed by atoms with van der Waals surface area (Å²) in [6, 6.07) is 6.03. The SMILES string of the molecule is O=C(CCSc1nccc2ncccc12)N1CCCCC1CCO. The maximum Gasteiger partial charge on any atom is 0.223 e. The number of nitrogens with zero attached hydrogens (tertiary/aromatic N) is 3. The number of carbonyl (C=O) groups is 1. The van der Waals surface area contributed by atoms with E-state index in [0.29, 0.717) is 18.6 Å². The molecule has 0 bridgehead atoms. The molecule has 2 aromatic rings. The highest BCUT2D eigenvalue weighted by atomic mass is 32.2. The molecule has 24 heavy (non-hydrogen) atoms. The van der Waals surface area contributed by atoms with E-state index in [9.17, 15) is 9.90 Å². The Balaban J connectivity index is 1.58. The maximum atomic E-state index is 12.5. The van der Waals surface area contributed by atoms with Crippen molar-refractivity contribution in [2.24, 2.45) is 0 Å². The number of rotatable bonds is 6. The number of carbonyl (C=O) groups excluding carboxylic acids is 1. The third-order valence-electron chi connectivity index (χ3n) is 4.46. The summed E-state index contributed by atoms with van der Waals surface area (Å²) < 4.78 is 0. The average molecular weight is 345 g/mol. The zero-order chi connectivity index (χ0) is 16.8. The summed E-state index contributed by atoms with van der Waals surface area (Å²) in [5, 5.41) is 11.2. The van der Waals surface area contributed by atoms with Crippen molar-refractivity contribution in [1.82, 2.24) is 14.9 Å². The molecule has 0 aromatic carbocycles. The minimum absolute atomic E-state index is 0.149. The van der Waals surface area contributed by atoms with Crippen LogP contribution in [0.1, 0.15) is 32.1 Å². The Morgan fingerprint density at radius 1 is 1.29 bits per heavy atom. The third-order valence-corrected chi connectivity index (χ3v) is 5.46. The molecule has 128 valence electrons. The standard InChI is InChI=1S/C18H23N3O2S/c22-12-7-14-4-1-2-11-21(14)17(23)8-13-24-18-15-5-3-9-19-16(15)6-10-20-18/h3,5-6,9-10,14,22H,1-2,4,7-8,11-13H2. The lowest BCUT2D eigenvalue weighted by Gasteiger charge is -2.35. The number of pyridine rings is 2. The van der Waals surface area contributed by atoms with Crippen LogP contribution in [0.2, 0.25) is 0 Å². The molecule has 2 aromatic heterocycles. The van der Waals surface area contributed by atoms with Crippen LogP contribution in [0.4, 0.5) is 0 Å². The van der Waals surface area contributed by atoms with Gasteiger partial charge in [-0.2, -0.15) is 0 Å². The molecule has 1 aliphatic heterocycles. The van der Waals surface area contributed by atoms with E-state index in [1.165, 1.54) is 0 Å². The van der Waals surface area contributed by atoms with Gasteiger partial charge >= 0.3 is 0 Å². The van der Waals surface area contributed by atoms with E-state index in [0.717, 1.165) is 41.7 Å². The molecule has 0 radical (unpaired) electrons. The molecule has 1 fully saturated rings. The minimum atomic E-state index is 0.149. The van der Waals surface area contributed by atoms with Crippen molar-refractivity contribution < 1.29 is 9.90 Å². The topological polar surface area (TPSA) is 66.3 Å². The minimum Gasteiger partial charge on any atom is -0.396 e. The lowest BCUT2D eigenvalue weighted by atomic mass is 9.99. The van der Waals surface area contributed by atoms with Gasteiger partial charge in [-0.25, -0.2) is 4.98 Å². The Morgan fingerprint density at radius 3 is 3.08 bits per heavy atom. The van der Waals surface area contributed by atoms with Crippen molar-refractivity contribution in [3.63, 3.8) is 0 Å². The first-order chi connectivity index (χ1) is 11.8. The summed E-state index contributed by atoms with van der Waals surface area (Å²) in [5.41, 5.74) is 0.931. The Hall–Kier alpha value is -1.66. The molecule has 3 rings (SSSR count). The molecule has 6 heteroatoms. The van der Waals surface area contributed by atoms with Gasteiger partial charge in [0, 0.05) is 49.1 Å². The molecule has 1 atom stereocenters. The van der Waals surface area contributed by atoms with Gasteiger partial charge in [-0.3, -0.25) is 9.78 Å². The number of thioether (sulfide) groups is 1. The molecule has 0 aliphatic carbocycles. The number of likely N-dealkylation sites (tertiary alicyclic amines) is 1. The predicted octanol–water partition coefficient (Wildman–Crippen LogP) is 2.88. The van der Waals surface area contributed by atoms with E-state index in [1.54, 1.807) is 24.2 Å². The van der Waals surface area contributed by atoms with E-state index >= 15 is 0 Å². The van der Waals surface area contributed by atoms with Crippen LogP contribution in [-0.4, -0.2) is 50.8 Å². The third kappa shape index (κ3) is 4.05. The molecule has 0 saturated carbocycles. The van der Waals surface area contributed by atoms with Crippen molar-refractivity contribution >= 4 is 28.6 Å². The zero-order valence-electron chi connectivity index (χ0n) is 13.7. The number of hydrogen-bond acceptors (Lipinski definition) is 5. The van der Waals surface area contributed by atoms with E-state index in [4.69, 9.17) is 0 Å². The van der Waals surface area contributed by atoms with E-state index in [-0.39, 0.29) is 18.6 Å². The van der Waals surface area contributed by atoms with Gasteiger partial charge in [0.15, 0.2) is 0 Å². The fourth-order valence-electron chi connectivity index (χ4n) is 3.25.